The predicted molar refractivity (Wildman–Crippen MR) is 66.2 cm³/mol. The fourth-order valence-corrected chi connectivity index (χ4v) is 2.62. The van der Waals surface area contributed by atoms with Gasteiger partial charge in [-0.05, 0) is 11.6 Å². The third kappa shape index (κ3) is 2.04. The predicted octanol–water partition coefficient (Wildman–Crippen LogP) is 3.21. The maximum atomic E-state index is 4.14. The summed E-state index contributed by atoms with van der Waals surface area (Å²) in [6.07, 6.45) is 2.19. The first kappa shape index (κ1) is 10.4. The molecule has 84 valence electrons. The zero-order valence-electron chi connectivity index (χ0n) is 9.06. The Kier molecular flexibility index (Phi) is 2.56. The Bertz CT molecular complexity index is 414. The van der Waals surface area contributed by atoms with Gasteiger partial charge in [-0.1, -0.05) is 34.1 Å². The highest BCUT2D eigenvalue weighted by Crippen LogP contribution is 2.38. The minimum Gasteiger partial charge on any atom is -0.299 e. The third-order valence-electron chi connectivity index (χ3n) is 3.39. The number of hydrogen-bond donors (Lipinski definition) is 0. The van der Waals surface area contributed by atoms with E-state index in [4.69, 9.17) is 0 Å². The van der Waals surface area contributed by atoms with E-state index in [-0.39, 0.29) is 5.66 Å². The van der Waals surface area contributed by atoms with Gasteiger partial charge in [0.25, 0.3) is 0 Å². The van der Waals surface area contributed by atoms with Gasteiger partial charge in [0.05, 0.1) is 0 Å². The van der Waals surface area contributed by atoms with E-state index in [0.717, 1.165) is 32.5 Å². The molecule has 1 fully saturated rings. The van der Waals surface area contributed by atoms with Crippen molar-refractivity contribution in [3.8, 4) is 0 Å². The van der Waals surface area contributed by atoms with Crippen molar-refractivity contribution >= 4 is 15.9 Å². The highest BCUT2D eigenvalue weighted by Gasteiger charge is 2.42. The maximum Gasteiger partial charge on any atom is 0.193 e. The molecule has 1 aromatic rings. The van der Waals surface area contributed by atoms with Crippen molar-refractivity contribution in [3.05, 3.63) is 34.3 Å². The zero-order chi connectivity index (χ0) is 11.0. The number of halogens is 1. The molecule has 0 saturated carbocycles. The second-order valence-electron chi connectivity index (χ2n) is 4.55. The minimum atomic E-state index is 0.0461. The molecule has 0 radical (unpaired) electrons. The molecular formula is C12H14BrN3. The van der Waals surface area contributed by atoms with Crippen molar-refractivity contribution < 1.29 is 0 Å². The molecule has 0 N–H and O–H groups in total. The lowest BCUT2D eigenvalue weighted by molar-refractivity contribution is 0.190. The van der Waals surface area contributed by atoms with Crippen LogP contribution in [0.3, 0.4) is 0 Å². The summed E-state index contributed by atoms with van der Waals surface area (Å²) in [7, 11) is 0. The van der Waals surface area contributed by atoms with E-state index in [0.29, 0.717) is 0 Å². The molecule has 1 saturated heterocycles. The molecule has 2 aliphatic heterocycles. The van der Waals surface area contributed by atoms with E-state index in [2.05, 4.69) is 55.3 Å². The van der Waals surface area contributed by atoms with Crippen molar-refractivity contribution in [1.29, 1.82) is 0 Å². The van der Waals surface area contributed by atoms with Gasteiger partial charge in [-0.3, -0.25) is 4.90 Å². The summed E-state index contributed by atoms with van der Waals surface area (Å²) in [4.78, 5) is 2.48. The molecule has 1 aromatic carbocycles. The monoisotopic (exact) mass is 279 g/mol. The molecule has 0 amide bonds. The Balaban J connectivity index is 1.61. The molecule has 1 spiro atoms. The average molecular weight is 280 g/mol. The Morgan fingerprint density at radius 2 is 1.88 bits per heavy atom. The van der Waals surface area contributed by atoms with Crippen LogP contribution in [-0.2, 0) is 6.54 Å². The fraction of sp³-hybridized carbons (Fsp3) is 0.500. The number of likely N-dealkylation sites (tertiary alicyclic amines) is 1. The molecule has 0 atom stereocenters. The third-order valence-corrected chi connectivity index (χ3v) is 4.17. The molecule has 16 heavy (non-hydrogen) atoms. The number of piperidine rings is 1. The van der Waals surface area contributed by atoms with Crippen molar-refractivity contribution in [2.45, 2.75) is 25.0 Å². The smallest absolute Gasteiger partial charge is 0.193 e. The number of hydrogen-bond acceptors (Lipinski definition) is 3. The van der Waals surface area contributed by atoms with Crippen LogP contribution in [0, 0.1) is 0 Å². The van der Waals surface area contributed by atoms with E-state index in [1.165, 1.54) is 10.0 Å². The summed E-state index contributed by atoms with van der Waals surface area (Å²) in [5, 5.41) is 8.28. The van der Waals surface area contributed by atoms with E-state index in [9.17, 15) is 0 Å². The van der Waals surface area contributed by atoms with E-state index in [1.807, 2.05) is 0 Å². The molecule has 0 unspecified atom stereocenters. The normalized spacial score (nSPS) is 22.6. The lowest BCUT2D eigenvalue weighted by Crippen LogP contribution is -2.37. The van der Waals surface area contributed by atoms with Gasteiger partial charge in [0.2, 0.25) is 0 Å². The van der Waals surface area contributed by atoms with Crippen LogP contribution in [0.15, 0.2) is 39.0 Å². The van der Waals surface area contributed by atoms with Gasteiger partial charge >= 0.3 is 0 Å². The van der Waals surface area contributed by atoms with Gasteiger partial charge in [-0.2, -0.15) is 10.2 Å². The molecule has 3 rings (SSSR count). The number of rotatable bonds is 2. The highest BCUT2D eigenvalue weighted by atomic mass is 79.9. The molecule has 0 aliphatic carbocycles. The van der Waals surface area contributed by atoms with E-state index >= 15 is 0 Å². The van der Waals surface area contributed by atoms with Crippen molar-refractivity contribution in [2.24, 2.45) is 10.2 Å². The van der Waals surface area contributed by atoms with Gasteiger partial charge in [-0.25, -0.2) is 0 Å². The Morgan fingerprint density at radius 1 is 1.19 bits per heavy atom. The molecule has 0 bridgehead atoms. The van der Waals surface area contributed by atoms with Crippen molar-refractivity contribution in [1.82, 2.24) is 4.90 Å². The summed E-state index contributed by atoms with van der Waals surface area (Å²) < 4.78 is 1.20. The number of nitrogens with zero attached hydrogens (tertiary/aromatic N) is 3. The second-order valence-corrected chi connectivity index (χ2v) is 5.40. The standard InChI is InChI=1S/C12H14BrN3/c13-11-4-2-1-3-10(11)9-16-7-5-12(6-8-16)14-15-12/h1-4H,5-9H2. The average Bonchev–Trinajstić information content (AvgIpc) is 3.05. The van der Waals surface area contributed by atoms with Crippen LogP contribution >= 0.6 is 15.9 Å². The van der Waals surface area contributed by atoms with Crippen LogP contribution in [0.5, 0.6) is 0 Å². The summed E-state index contributed by atoms with van der Waals surface area (Å²) in [6.45, 7) is 3.24. The van der Waals surface area contributed by atoms with Crippen LogP contribution in [0.4, 0.5) is 0 Å². The molecule has 2 heterocycles. The summed E-state index contributed by atoms with van der Waals surface area (Å²) in [5.74, 6) is 0. The molecule has 0 aromatic heterocycles. The topological polar surface area (TPSA) is 28.0 Å². The van der Waals surface area contributed by atoms with Gasteiger partial charge < -0.3 is 0 Å². The van der Waals surface area contributed by atoms with Crippen molar-refractivity contribution in [3.63, 3.8) is 0 Å². The lowest BCUT2D eigenvalue weighted by atomic mass is 10.0. The SMILES string of the molecule is Brc1ccccc1CN1CCC2(CC1)N=N2. The highest BCUT2D eigenvalue weighted by molar-refractivity contribution is 9.10. The van der Waals surface area contributed by atoms with E-state index in [1.54, 1.807) is 0 Å². The first-order valence-corrected chi connectivity index (χ1v) is 6.47. The fourth-order valence-electron chi connectivity index (χ4n) is 2.21. The summed E-state index contributed by atoms with van der Waals surface area (Å²) in [5.41, 5.74) is 1.41. The lowest BCUT2D eigenvalue weighted by Gasteiger charge is -2.29. The van der Waals surface area contributed by atoms with Crippen LogP contribution in [0.25, 0.3) is 0 Å². The Morgan fingerprint density at radius 3 is 2.50 bits per heavy atom. The first-order chi connectivity index (χ1) is 7.77. The van der Waals surface area contributed by atoms with Gasteiger partial charge in [-0.15, -0.1) is 0 Å². The number of benzene rings is 1. The summed E-state index contributed by atoms with van der Waals surface area (Å²) >= 11 is 3.59. The van der Waals surface area contributed by atoms with Crippen LogP contribution in [-0.4, -0.2) is 23.7 Å². The minimum absolute atomic E-state index is 0.0461. The largest absolute Gasteiger partial charge is 0.299 e. The first-order valence-electron chi connectivity index (χ1n) is 5.67. The Hall–Kier alpha value is -0.740. The molecule has 3 nitrogen and oxygen atoms in total. The van der Waals surface area contributed by atoms with Crippen LogP contribution in [0.1, 0.15) is 18.4 Å². The Labute approximate surface area is 104 Å². The van der Waals surface area contributed by atoms with E-state index < -0.39 is 0 Å². The van der Waals surface area contributed by atoms with Gasteiger partial charge in [0.15, 0.2) is 5.66 Å². The van der Waals surface area contributed by atoms with Gasteiger partial charge in [0.1, 0.15) is 0 Å². The van der Waals surface area contributed by atoms with Gasteiger partial charge in [0, 0.05) is 36.9 Å². The van der Waals surface area contributed by atoms with Crippen LogP contribution < -0.4 is 0 Å². The quantitative estimate of drug-likeness (QED) is 0.817. The molecular weight excluding hydrogens is 266 g/mol. The van der Waals surface area contributed by atoms with Crippen LogP contribution in [0.2, 0.25) is 0 Å². The summed E-state index contributed by atoms with van der Waals surface area (Å²) in [6, 6.07) is 8.44. The zero-order valence-corrected chi connectivity index (χ0v) is 10.7. The van der Waals surface area contributed by atoms with Crippen molar-refractivity contribution in [2.75, 3.05) is 13.1 Å². The maximum absolute atomic E-state index is 4.14. The molecule has 4 heteroatoms. The second kappa shape index (κ2) is 3.93. The molecule has 2 aliphatic rings.